The minimum Gasteiger partial charge on any atom is -0.445 e. The Morgan fingerprint density at radius 3 is 1.74 bits per heavy atom. The molecule has 0 aliphatic rings. The van der Waals surface area contributed by atoms with Crippen LogP contribution in [0.3, 0.4) is 0 Å². The van der Waals surface area contributed by atoms with E-state index < -0.39 is 43.2 Å². The van der Waals surface area contributed by atoms with Gasteiger partial charge in [0.2, 0.25) is 0 Å². The monoisotopic (exact) mass is 637 g/mol. The van der Waals surface area contributed by atoms with E-state index in [1.54, 1.807) is 0 Å². The minimum absolute atomic E-state index is 0.00310. The van der Waals surface area contributed by atoms with Gasteiger partial charge in [0, 0.05) is 0 Å². The van der Waals surface area contributed by atoms with E-state index >= 15 is 0 Å². The molecule has 6 nitrogen and oxygen atoms in total. The van der Waals surface area contributed by atoms with Crippen LogP contribution in [0.15, 0.2) is 43.0 Å². The smallest absolute Gasteiger partial charge is 0.407 e. The zero-order valence-corrected chi connectivity index (χ0v) is 32.6. The van der Waals surface area contributed by atoms with Crippen LogP contribution < -0.4 is 5.32 Å². The molecule has 42 heavy (non-hydrogen) atoms. The lowest BCUT2D eigenvalue weighted by molar-refractivity contribution is 0.000436. The zero-order chi connectivity index (χ0) is 32.8. The molecule has 0 heterocycles. The van der Waals surface area contributed by atoms with Gasteiger partial charge in [-0.1, -0.05) is 98.7 Å². The van der Waals surface area contributed by atoms with Crippen LogP contribution in [0.4, 0.5) is 4.79 Å². The maximum absolute atomic E-state index is 13.4. The number of carbonyl (C=O) groups excluding carboxylic acids is 1. The Kier molecular flexibility index (Phi) is 13.6. The van der Waals surface area contributed by atoms with E-state index in [-0.39, 0.29) is 27.8 Å². The van der Waals surface area contributed by atoms with Crippen LogP contribution in [0.1, 0.15) is 74.3 Å². The first-order valence-corrected chi connectivity index (χ1v) is 24.1. The summed E-state index contributed by atoms with van der Waals surface area (Å²) in [5, 5.41) is 3.16. The summed E-state index contributed by atoms with van der Waals surface area (Å²) >= 11 is 0. The lowest BCUT2D eigenvalue weighted by atomic mass is 10.0. The highest BCUT2D eigenvalue weighted by Crippen LogP contribution is 2.42. The highest BCUT2D eigenvalue weighted by molar-refractivity contribution is 6.75. The average molecular weight is 638 g/mol. The molecular formula is C33H63NO5Si3. The van der Waals surface area contributed by atoms with Gasteiger partial charge < -0.3 is 23.3 Å². The molecular weight excluding hydrogens is 575 g/mol. The van der Waals surface area contributed by atoms with E-state index in [4.69, 9.17) is 18.0 Å². The van der Waals surface area contributed by atoms with E-state index in [2.05, 4.69) is 113 Å². The first kappa shape index (κ1) is 38.8. The molecule has 0 unspecified atom stereocenters. The van der Waals surface area contributed by atoms with Gasteiger partial charge in [-0.15, -0.1) is 6.58 Å². The molecule has 9 heteroatoms. The predicted octanol–water partition coefficient (Wildman–Crippen LogP) is 9.66. The van der Waals surface area contributed by atoms with Crippen LogP contribution in [0, 0.1) is 0 Å². The molecule has 0 aromatic heterocycles. The molecule has 242 valence electrons. The summed E-state index contributed by atoms with van der Waals surface area (Å²) < 4.78 is 26.8. The molecule has 1 aromatic carbocycles. The average Bonchev–Trinajstić information content (AvgIpc) is 2.82. The Balaban J connectivity index is 3.59. The molecule has 1 rings (SSSR count). The molecule has 1 amide bonds. The third kappa shape index (κ3) is 11.4. The van der Waals surface area contributed by atoms with Gasteiger partial charge in [0.1, 0.15) is 6.61 Å². The second-order valence-electron chi connectivity index (χ2n) is 16.2. The predicted molar refractivity (Wildman–Crippen MR) is 186 cm³/mol. The number of nitrogens with one attached hydrogen (secondary N) is 1. The molecule has 3 atom stereocenters. The van der Waals surface area contributed by atoms with Gasteiger partial charge in [-0.05, 0) is 66.4 Å². The first-order chi connectivity index (χ1) is 18.8. The van der Waals surface area contributed by atoms with Crippen LogP contribution >= 0.6 is 0 Å². The Bertz CT molecular complexity index is 992. The Morgan fingerprint density at radius 1 is 0.810 bits per heavy atom. The number of carbonyl (C=O) groups is 1. The molecule has 0 aliphatic carbocycles. The van der Waals surface area contributed by atoms with E-state index in [0.29, 0.717) is 13.0 Å². The molecule has 1 aromatic rings. The summed E-state index contributed by atoms with van der Waals surface area (Å²) in [6.45, 7) is 38.1. The third-order valence-electron chi connectivity index (χ3n) is 9.60. The molecule has 1 N–H and O–H groups in total. The number of amides is 1. The third-order valence-corrected chi connectivity index (χ3v) is 23.1. The Hall–Kier alpha value is -1.24. The maximum atomic E-state index is 13.4. The van der Waals surface area contributed by atoms with Crippen LogP contribution in [-0.2, 0) is 24.6 Å². The fourth-order valence-corrected chi connectivity index (χ4v) is 7.27. The van der Waals surface area contributed by atoms with Crippen molar-refractivity contribution in [1.82, 2.24) is 5.32 Å². The van der Waals surface area contributed by atoms with Crippen molar-refractivity contribution in [3.63, 3.8) is 0 Å². The van der Waals surface area contributed by atoms with Crippen molar-refractivity contribution < 1.29 is 22.8 Å². The van der Waals surface area contributed by atoms with E-state index in [1.807, 2.05) is 36.4 Å². The fourth-order valence-electron chi connectivity index (χ4n) is 3.55. The standard InChI is InChI=1S/C33H63NO5Si3/c1-17-21-28(38-41(13,14)32(5,6)7)29(39-42(15,16)33(8,9)10)27(25-37-40(11,12)31(2,3)4)34-30(35)36-24-26-22-19-18-20-23-26/h17-20,22-23,27-29H,1,21,24-25H2,2-16H3,(H,34,35)/t27-,28+,29-/m0/s1. The normalized spacial score (nSPS) is 16.0. The Morgan fingerprint density at radius 2 is 1.29 bits per heavy atom. The quantitative estimate of drug-likeness (QED) is 0.163. The maximum Gasteiger partial charge on any atom is 0.407 e. The lowest BCUT2D eigenvalue weighted by Gasteiger charge is -2.47. The number of ether oxygens (including phenoxy) is 1. The second-order valence-corrected chi connectivity index (χ2v) is 30.5. The fraction of sp³-hybridized carbons (Fsp3) is 0.727. The van der Waals surface area contributed by atoms with Gasteiger partial charge in [-0.25, -0.2) is 4.79 Å². The molecule has 0 saturated heterocycles. The van der Waals surface area contributed by atoms with Crippen molar-refractivity contribution >= 4 is 31.0 Å². The highest BCUT2D eigenvalue weighted by atomic mass is 28.4. The number of hydrogen-bond acceptors (Lipinski definition) is 5. The molecule has 0 fully saturated rings. The van der Waals surface area contributed by atoms with E-state index in [0.717, 1.165) is 5.56 Å². The number of rotatable bonds is 14. The number of alkyl carbamates (subject to hydrolysis) is 1. The summed E-state index contributed by atoms with van der Waals surface area (Å²) in [7, 11) is -6.67. The highest BCUT2D eigenvalue weighted by Gasteiger charge is 2.47. The zero-order valence-electron chi connectivity index (χ0n) is 29.6. The van der Waals surface area contributed by atoms with E-state index in [1.165, 1.54) is 0 Å². The van der Waals surface area contributed by atoms with Gasteiger partial charge in [0.25, 0.3) is 0 Å². The van der Waals surface area contributed by atoms with Crippen molar-refractivity contribution in [3.05, 3.63) is 48.6 Å². The molecule has 0 spiro atoms. The van der Waals surface area contributed by atoms with Crippen molar-refractivity contribution in [2.75, 3.05) is 6.61 Å². The summed E-state index contributed by atoms with van der Waals surface area (Å²) in [6.07, 6.45) is 1.26. The van der Waals surface area contributed by atoms with Gasteiger partial charge in [0.15, 0.2) is 25.0 Å². The van der Waals surface area contributed by atoms with Crippen LogP contribution in [0.2, 0.25) is 54.4 Å². The first-order valence-electron chi connectivity index (χ1n) is 15.4. The number of benzene rings is 1. The summed E-state index contributed by atoms with van der Waals surface area (Å²) in [6, 6.07) is 9.24. The molecule has 0 saturated carbocycles. The van der Waals surface area contributed by atoms with Crippen molar-refractivity contribution in [3.8, 4) is 0 Å². The topological polar surface area (TPSA) is 66.0 Å². The van der Waals surface area contributed by atoms with Crippen LogP contribution in [0.25, 0.3) is 0 Å². The van der Waals surface area contributed by atoms with Gasteiger partial charge in [0.05, 0.1) is 24.9 Å². The summed E-state index contributed by atoms with van der Waals surface area (Å²) in [5.41, 5.74) is 0.932. The van der Waals surface area contributed by atoms with Crippen molar-refractivity contribution in [1.29, 1.82) is 0 Å². The minimum atomic E-state index is -2.31. The Labute approximate surface area is 261 Å². The van der Waals surface area contributed by atoms with Crippen molar-refractivity contribution in [2.45, 2.75) is 148 Å². The molecule has 0 aliphatic heterocycles. The van der Waals surface area contributed by atoms with Gasteiger partial charge >= 0.3 is 6.09 Å². The molecule has 0 radical (unpaired) electrons. The largest absolute Gasteiger partial charge is 0.445 e. The summed E-state index contributed by atoms with van der Waals surface area (Å²) in [5.74, 6) is 0. The van der Waals surface area contributed by atoms with Gasteiger partial charge in [-0.2, -0.15) is 0 Å². The molecule has 0 bridgehead atoms. The number of hydrogen-bond donors (Lipinski definition) is 1. The van der Waals surface area contributed by atoms with Crippen molar-refractivity contribution in [2.24, 2.45) is 0 Å². The van der Waals surface area contributed by atoms with Crippen LogP contribution in [0.5, 0.6) is 0 Å². The second kappa shape index (κ2) is 14.7. The lowest BCUT2D eigenvalue weighted by Crippen LogP contribution is -2.60. The van der Waals surface area contributed by atoms with Crippen LogP contribution in [-0.4, -0.2) is 55.9 Å². The summed E-state index contributed by atoms with van der Waals surface area (Å²) in [4.78, 5) is 13.4. The van der Waals surface area contributed by atoms with E-state index in [9.17, 15) is 4.79 Å². The van der Waals surface area contributed by atoms with Gasteiger partial charge in [-0.3, -0.25) is 0 Å². The SMILES string of the molecule is C=CC[C@@H](O[Si](C)(C)C(C)(C)C)[C@@H](O[Si](C)(C)C(C)(C)C)[C@H](CO[Si](C)(C)C(C)(C)C)NC(=O)OCc1ccccc1.